The molecule has 0 aliphatic carbocycles. The van der Waals surface area contributed by atoms with Crippen LogP contribution < -0.4 is 15.8 Å². The average molecular weight is 405 g/mol. The zero-order valence-electron chi connectivity index (χ0n) is 16.1. The lowest BCUT2D eigenvalue weighted by molar-refractivity contribution is -0.116. The Hall–Kier alpha value is -4.21. The molecule has 2 aromatic carbocycles. The van der Waals surface area contributed by atoms with Gasteiger partial charge < -0.3 is 20.3 Å². The number of amides is 1. The van der Waals surface area contributed by atoms with E-state index < -0.39 is 0 Å². The van der Waals surface area contributed by atoms with E-state index in [0.717, 1.165) is 11.3 Å². The number of hydrogen-bond acceptors (Lipinski definition) is 8. The highest BCUT2D eigenvalue weighted by molar-refractivity contribution is 5.90. The SMILES string of the molecule is CCOc1ccc(NC(=O)Cn2nnc(-c3nc(-c4ccccc4)no3)c2N)cc1. The first kappa shape index (κ1) is 19.1. The summed E-state index contributed by atoms with van der Waals surface area (Å²) in [5, 5.41) is 14.6. The summed E-state index contributed by atoms with van der Waals surface area (Å²) in [6.45, 7) is 2.36. The second-order valence-corrected chi connectivity index (χ2v) is 6.28. The molecule has 1 amide bonds. The zero-order chi connectivity index (χ0) is 20.9. The molecule has 0 aliphatic rings. The number of nitrogens with zero attached hydrogens (tertiary/aromatic N) is 5. The number of benzene rings is 2. The standard InChI is InChI=1S/C20H19N7O3/c1-2-29-15-10-8-14(9-11-15)22-16(28)12-27-18(21)17(24-26-27)20-23-19(25-30-20)13-6-4-3-5-7-13/h3-11H,2,12,21H2,1H3,(H,22,28). The van der Waals surface area contributed by atoms with E-state index in [2.05, 4.69) is 25.8 Å². The number of aromatic nitrogens is 5. The van der Waals surface area contributed by atoms with E-state index in [0.29, 0.717) is 18.1 Å². The van der Waals surface area contributed by atoms with Gasteiger partial charge in [-0.2, -0.15) is 4.98 Å². The van der Waals surface area contributed by atoms with Crippen molar-refractivity contribution in [2.75, 3.05) is 17.7 Å². The molecule has 4 rings (SSSR count). The normalized spacial score (nSPS) is 10.7. The van der Waals surface area contributed by atoms with Gasteiger partial charge in [-0.05, 0) is 31.2 Å². The molecule has 0 bridgehead atoms. The molecule has 0 spiro atoms. The van der Waals surface area contributed by atoms with E-state index in [1.807, 2.05) is 37.3 Å². The summed E-state index contributed by atoms with van der Waals surface area (Å²) < 4.78 is 11.9. The van der Waals surface area contributed by atoms with E-state index in [9.17, 15) is 4.79 Å². The number of nitrogens with one attached hydrogen (secondary N) is 1. The molecular formula is C20H19N7O3. The average Bonchev–Trinajstić information content (AvgIpc) is 3.38. The van der Waals surface area contributed by atoms with Crippen molar-refractivity contribution in [2.45, 2.75) is 13.5 Å². The summed E-state index contributed by atoms with van der Waals surface area (Å²) >= 11 is 0. The number of rotatable bonds is 7. The summed E-state index contributed by atoms with van der Waals surface area (Å²) in [7, 11) is 0. The number of nitrogens with two attached hydrogens (primary N) is 1. The van der Waals surface area contributed by atoms with Gasteiger partial charge in [0.05, 0.1) is 6.61 Å². The topological polar surface area (TPSA) is 134 Å². The highest BCUT2D eigenvalue weighted by Crippen LogP contribution is 2.24. The smallest absolute Gasteiger partial charge is 0.282 e. The second kappa shape index (κ2) is 8.43. The van der Waals surface area contributed by atoms with Crippen LogP contribution in [0.3, 0.4) is 0 Å². The van der Waals surface area contributed by atoms with E-state index in [-0.39, 0.29) is 29.9 Å². The highest BCUT2D eigenvalue weighted by atomic mass is 16.5. The molecule has 0 aliphatic heterocycles. The summed E-state index contributed by atoms with van der Waals surface area (Å²) in [6.07, 6.45) is 0. The van der Waals surface area contributed by atoms with Crippen LogP contribution in [0.4, 0.5) is 11.5 Å². The van der Waals surface area contributed by atoms with Gasteiger partial charge in [0.25, 0.3) is 5.89 Å². The third-order valence-electron chi connectivity index (χ3n) is 4.18. The minimum absolute atomic E-state index is 0.119. The molecular weight excluding hydrogens is 386 g/mol. The second-order valence-electron chi connectivity index (χ2n) is 6.28. The quantitative estimate of drug-likeness (QED) is 0.479. The third kappa shape index (κ3) is 4.12. The van der Waals surface area contributed by atoms with Gasteiger partial charge in [0.2, 0.25) is 11.7 Å². The fraction of sp³-hybridized carbons (Fsp3) is 0.150. The molecule has 152 valence electrons. The van der Waals surface area contributed by atoms with Crippen LogP contribution in [0.25, 0.3) is 23.0 Å². The van der Waals surface area contributed by atoms with Gasteiger partial charge in [-0.3, -0.25) is 4.79 Å². The molecule has 0 fully saturated rings. The Kier molecular flexibility index (Phi) is 5.37. The van der Waals surface area contributed by atoms with Crippen LogP contribution in [0.15, 0.2) is 59.1 Å². The lowest BCUT2D eigenvalue weighted by atomic mass is 10.2. The Morgan fingerprint density at radius 2 is 1.93 bits per heavy atom. The molecule has 0 atom stereocenters. The van der Waals surface area contributed by atoms with Crippen molar-refractivity contribution in [1.82, 2.24) is 25.1 Å². The van der Waals surface area contributed by atoms with Gasteiger partial charge in [0, 0.05) is 11.3 Å². The summed E-state index contributed by atoms with van der Waals surface area (Å²) in [6, 6.07) is 16.4. The van der Waals surface area contributed by atoms with Crippen LogP contribution in [0, 0.1) is 0 Å². The Labute approximate surface area is 171 Å². The molecule has 0 radical (unpaired) electrons. The van der Waals surface area contributed by atoms with Crippen molar-refractivity contribution >= 4 is 17.4 Å². The fourth-order valence-corrected chi connectivity index (χ4v) is 2.75. The summed E-state index contributed by atoms with van der Waals surface area (Å²) in [5.74, 6) is 1.12. The van der Waals surface area contributed by atoms with Crippen LogP contribution in [-0.4, -0.2) is 37.6 Å². The number of anilines is 2. The first-order valence-corrected chi connectivity index (χ1v) is 9.25. The number of carbonyl (C=O) groups is 1. The van der Waals surface area contributed by atoms with Crippen molar-refractivity contribution in [2.24, 2.45) is 0 Å². The lowest BCUT2D eigenvalue weighted by Gasteiger charge is -2.07. The maximum Gasteiger partial charge on any atom is 0.282 e. The molecule has 2 aromatic heterocycles. The van der Waals surface area contributed by atoms with Gasteiger partial charge in [-0.15, -0.1) is 5.10 Å². The summed E-state index contributed by atoms with van der Waals surface area (Å²) in [5.41, 5.74) is 7.74. The van der Waals surface area contributed by atoms with Crippen molar-refractivity contribution in [3.8, 4) is 28.7 Å². The molecule has 0 saturated heterocycles. The molecule has 0 unspecified atom stereocenters. The first-order chi connectivity index (χ1) is 14.6. The predicted molar refractivity (Wildman–Crippen MR) is 109 cm³/mol. The maximum atomic E-state index is 12.3. The van der Waals surface area contributed by atoms with Gasteiger partial charge >= 0.3 is 0 Å². The fourth-order valence-electron chi connectivity index (χ4n) is 2.75. The van der Waals surface area contributed by atoms with E-state index in [1.54, 1.807) is 24.3 Å². The number of hydrogen-bond donors (Lipinski definition) is 2. The van der Waals surface area contributed by atoms with Crippen LogP contribution in [0.2, 0.25) is 0 Å². The van der Waals surface area contributed by atoms with E-state index in [1.165, 1.54) is 4.68 Å². The molecule has 2 heterocycles. The Morgan fingerprint density at radius 1 is 1.17 bits per heavy atom. The summed E-state index contributed by atoms with van der Waals surface area (Å²) in [4.78, 5) is 16.7. The van der Waals surface area contributed by atoms with Crippen molar-refractivity contribution in [1.29, 1.82) is 0 Å². The monoisotopic (exact) mass is 405 g/mol. The Balaban J connectivity index is 1.44. The minimum Gasteiger partial charge on any atom is -0.494 e. The third-order valence-corrected chi connectivity index (χ3v) is 4.18. The highest BCUT2D eigenvalue weighted by Gasteiger charge is 2.20. The van der Waals surface area contributed by atoms with Crippen LogP contribution >= 0.6 is 0 Å². The largest absolute Gasteiger partial charge is 0.494 e. The van der Waals surface area contributed by atoms with Crippen LogP contribution in [0.1, 0.15) is 6.92 Å². The Bertz CT molecular complexity index is 1140. The maximum absolute atomic E-state index is 12.3. The van der Waals surface area contributed by atoms with Crippen molar-refractivity contribution in [3.63, 3.8) is 0 Å². The van der Waals surface area contributed by atoms with Gasteiger partial charge in [0.1, 0.15) is 12.3 Å². The molecule has 30 heavy (non-hydrogen) atoms. The molecule has 3 N–H and O–H groups in total. The van der Waals surface area contributed by atoms with E-state index >= 15 is 0 Å². The minimum atomic E-state index is -0.308. The van der Waals surface area contributed by atoms with Crippen molar-refractivity contribution in [3.05, 3.63) is 54.6 Å². The first-order valence-electron chi connectivity index (χ1n) is 9.25. The predicted octanol–water partition coefficient (Wildman–Crippen LogP) is 2.61. The number of nitrogen functional groups attached to an aromatic ring is 1. The Morgan fingerprint density at radius 3 is 2.67 bits per heavy atom. The van der Waals surface area contributed by atoms with Gasteiger partial charge in [-0.25, -0.2) is 4.68 Å². The van der Waals surface area contributed by atoms with Gasteiger partial charge in [-0.1, -0.05) is 40.7 Å². The zero-order valence-corrected chi connectivity index (χ0v) is 16.1. The van der Waals surface area contributed by atoms with E-state index in [4.69, 9.17) is 15.0 Å². The molecule has 0 saturated carbocycles. The van der Waals surface area contributed by atoms with Crippen LogP contribution in [-0.2, 0) is 11.3 Å². The van der Waals surface area contributed by atoms with Crippen molar-refractivity contribution < 1.29 is 14.1 Å². The molecule has 10 heteroatoms. The van der Waals surface area contributed by atoms with Crippen LogP contribution in [0.5, 0.6) is 5.75 Å². The molecule has 4 aromatic rings. The number of carbonyl (C=O) groups excluding carboxylic acids is 1. The van der Waals surface area contributed by atoms with Gasteiger partial charge in [0.15, 0.2) is 11.5 Å². The lowest BCUT2D eigenvalue weighted by Crippen LogP contribution is -2.20. The number of ether oxygens (including phenoxy) is 1. The molecule has 10 nitrogen and oxygen atoms in total.